The highest BCUT2D eigenvalue weighted by Crippen LogP contribution is 2.23. The van der Waals surface area contributed by atoms with Crippen LogP contribution in [0.25, 0.3) is 0 Å². The molecule has 86 valence electrons. The van der Waals surface area contributed by atoms with Crippen molar-refractivity contribution in [2.75, 3.05) is 17.6 Å². The molecule has 2 rings (SSSR count). The maximum atomic E-state index is 11.8. The van der Waals surface area contributed by atoms with Crippen LogP contribution in [0.1, 0.15) is 0 Å². The molecule has 5 nitrogen and oxygen atoms in total. The lowest BCUT2D eigenvalue weighted by Crippen LogP contribution is -2.40. The Kier molecular flexibility index (Phi) is 3.06. The Hall–Kier alpha value is -1.21. The van der Waals surface area contributed by atoms with Gasteiger partial charge < -0.3 is 5.32 Å². The van der Waals surface area contributed by atoms with Gasteiger partial charge in [-0.25, -0.2) is 13.1 Å². The number of guanidine groups is 1. The molecule has 1 aromatic rings. The van der Waals surface area contributed by atoms with Crippen LogP contribution in [0, 0.1) is 0 Å². The SMILES string of the molecule is O=S1(=O)NC(=NCCS)Nc2ccccc21. The molecule has 0 spiro atoms. The number of thiol groups is 1. The number of sulfonamides is 1. The van der Waals surface area contributed by atoms with Gasteiger partial charge in [0.25, 0.3) is 10.0 Å². The lowest BCUT2D eigenvalue weighted by Gasteiger charge is -2.21. The first-order chi connectivity index (χ1) is 7.63. The Bertz CT molecular complexity index is 525. The normalized spacial score (nSPS) is 19.7. The fourth-order valence-corrected chi connectivity index (χ4v) is 2.62. The Balaban J connectivity index is 2.41. The van der Waals surface area contributed by atoms with Crippen molar-refractivity contribution in [3.63, 3.8) is 0 Å². The van der Waals surface area contributed by atoms with E-state index in [9.17, 15) is 8.42 Å². The van der Waals surface area contributed by atoms with Gasteiger partial charge in [-0.3, -0.25) is 4.99 Å². The molecule has 16 heavy (non-hydrogen) atoms. The Morgan fingerprint density at radius 3 is 2.81 bits per heavy atom. The summed E-state index contributed by atoms with van der Waals surface area (Å²) in [5.74, 6) is 0.807. The van der Waals surface area contributed by atoms with E-state index in [4.69, 9.17) is 0 Å². The summed E-state index contributed by atoms with van der Waals surface area (Å²) in [5, 5.41) is 2.91. The summed E-state index contributed by atoms with van der Waals surface area (Å²) in [6, 6.07) is 6.68. The second-order valence-corrected chi connectivity index (χ2v) is 5.28. The molecule has 7 heteroatoms. The van der Waals surface area contributed by atoms with Crippen LogP contribution in [0.15, 0.2) is 34.2 Å². The van der Waals surface area contributed by atoms with E-state index in [1.807, 2.05) is 0 Å². The van der Waals surface area contributed by atoms with Gasteiger partial charge in [0.15, 0.2) is 0 Å². The molecule has 0 unspecified atom stereocenters. The van der Waals surface area contributed by atoms with Crippen molar-refractivity contribution in [2.24, 2.45) is 4.99 Å². The molecule has 1 aliphatic rings. The fraction of sp³-hybridized carbons (Fsp3) is 0.222. The van der Waals surface area contributed by atoms with Crippen LogP contribution in [0.5, 0.6) is 0 Å². The number of fused-ring (bicyclic) bond motifs is 1. The number of benzene rings is 1. The van der Waals surface area contributed by atoms with Gasteiger partial charge in [0.1, 0.15) is 4.90 Å². The summed E-state index contributed by atoms with van der Waals surface area (Å²) in [6.07, 6.45) is 0. The van der Waals surface area contributed by atoms with Crippen molar-refractivity contribution in [2.45, 2.75) is 4.90 Å². The first kappa shape index (κ1) is 11.3. The van der Waals surface area contributed by atoms with Crippen LogP contribution >= 0.6 is 12.6 Å². The average molecular weight is 257 g/mol. The zero-order valence-corrected chi connectivity index (χ0v) is 10.1. The lowest BCUT2D eigenvalue weighted by molar-refractivity contribution is 0.591. The van der Waals surface area contributed by atoms with E-state index < -0.39 is 10.0 Å². The number of nitrogens with zero attached hydrogens (tertiary/aromatic N) is 1. The van der Waals surface area contributed by atoms with Gasteiger partial charge in [-0.05, 0) is 12.1 Å². The van der Waals surface area contributed by atoms with E-state index in [0.717, 1.165) is 0 Å². The molecule has 0 aromatic heterocycles. The van der Waals surface area contributed by atoms with Crippen LogP contribution < -0.4 is 10.0 Å². The van der Waals surface area contributed by atoms with Crippen molar-refractivity contribution in [3.05, 3.63) is 24.3 Å². The molecule has 1 aromatic carbocycles. The highest BCUT2D eigenvalue weighted by Gasteiger charge is 2.25. The minimum atomic E-state index is -3.49. The second kappa shape index (κ2) is 4.34. The molecular formula is C9H11N3O2S2. The summed E-state index contributed by atoms with van der Waals surface area (Å²) in [5.41, 5.74) is 0.541. The molecule has 0 amide bonds. The topological polar surface area (TPSA) is 70.6 Å². The van der Waals surface area contributed by atoms with Crippen LogP contribution in [0.2, 0.25) is 0 Å². The van der Waals surface area contributed by atoms with Gasteiger partial charge in [0.05, 0.1) is 12.2 Å². The molecule has 0 saturated heterocycles. The van der Waals surface area contributed by atoms with E-state index in [2.05, 4.69) is 27.7 Å². The zero-order chi connectivity index (χ0) is 11.6. The van der Waals surface area contributed by atoms with Crippen molar-refractivity contribution < 1.29 is 8.42 Å². The minimum Gasteiger partial charge on any atom is -0.324 e. The van der Waals surface area contributed by atoms with Crippen LogP contribution in [-0.4, -0.2) is 26.7 Å². The van der Waals surface area contributed by atoms with Gasteiger partial charge in [-0.2, -0.15) is 12.6 Å². The van der Waals surface area contributed by atoms with Crippen LogP contribution in [0.4, 0.5) is 5.69 Å². The van der Waals surface area contributed by atoms with Gasteiger partial charge in [0, 0.05) is 5.75 Å². The molecule has 0 bridgehead atoms. The Labute approximate surface area is 99.4 Å². The minimum absolute atomic E-state index is 0.236. The average Bonchev–Trinajstić information content (AvgIpc) is 2.25. The number of anilines is 1. The predicted molar refractivity (Wildman–Crippen MR) is 66.5 cm³/mol. The molecular weight excluding hydrogens is 246 g/mol. The number of nitrogens with one attached hydrogen (secondary N) is 2. The van der Waals surface area contributed by atoms with E-state index >= 15 is 0 Å². The van der Waals surface area contributed by atoms with Crippen molar-refractivity contribution >= 4 is 34.3 Å². The maximum Gasteiger partial charge on any atom is 0.266 e. The summed E-state index contributed by atoms with van der Waals surface area (Å²) in [4.78, 5) is 4.27. The first-order valence-corrected chi connectivity index (χ1v) is 6.79. The predicted octanol–water partition coefficient (Wildman–Crippen LogP) is 0.676. The molecule has 2 N–H and O–H groups in total. The van der Waals surface area contributed by atoms with Gasteiger partial charge in [0.2, 0.25) is 5.96 Å². The van der Waals surface area contributed by atoms with E-state index in [-0.39, 0.29) is 10.9 Å². The number of para-hydroxylation sites is 1. The molecule has 0 aliphatic carbocycles. The lowest BCUT2D eigenvalue weighted by atomic mass is 10.3. The fourth-order valence-electron chi connectivity index (χ4n) is 1.37. The summed E-state index contributed by atoms with van der Waals surface area (Å²) >= 11 is 4.01. The highest BCUT2D eigenvalue weighted by atomic mass is 32.2. The van der Waals surface area contributed by atoms with Gasteiger partial charge in [-0.1, -0.05) is 12.1 Å². The summed E-state index contributed by atoms with van der Waals surface area (Å²) < 4.78 is 26.0. The first-order valence-electron chi connectivity index (χ1n) is 4.67. The second-order valence-electron chi connectivity index (χ2n) is 3.18. The number of hydrogen-bond acceptors (Lipinski definition) is 4. The third kappa shape index (κ3) is 2.14. The van der Waals surface area contributed by atoms with E-state index in [1.165, 1.54) is 0 Å². The smallest absolute Gasteiger partial charge is 0.266 e. The number of aliphatic imine (C=N–C) groups is 1. The van der Waals surface area contributed by atoms with E-state index in [1.54, 1.807) is 24.3 Å². The summed E-state index contributed by atoms with van der Waals surface area (Å²) in [7, 11) is -3.49. The molecule has 0 atom stereocenters. The van der Waals surface area contributed by atoms with Gasteiger partial charge >= 0.3 is 0 Å². The maximum absolute atomic E-state index is 11.8. The Morgan fingerprint density at radius 1 is 1.31 bits per heavy atom. The van der Waals surface area contributed by atoms with E-state index in [0.29, 0.717) is 18.0 Å². The molecule has 0 fully saturated rings. The quantitative estimate of drug-likeness (QED) is 0.682. The standard InChI is InChI=1S/C9H11N3O2S2/c13-16(14)8-4-2-1-3-7(8)11-9(12-16)10-5-6-15/h1-4,15H,5-6H2,(H2,10,11,12). The number of hydrogen-bond donors (Lipinski definition) is 3. The molecule has 1 heterocycles. The van der Waals surface area contributed by atoms with Crippen molar-refractivity contribution in [3.8, 4) is 0 Å². The third-order valence-corrected chi connectivity index (χ3v) is 3.63. The number of rotatable bonds is 2. The van der Waals surface area contributed by atoms with Crippen molar-refractivity contribution in [1.29, 1.82) is 0 Å². The molecule has 1 aliphatic heterocycles. The zero-order valence-electron chi connectivity index (χ0n) is 8.34. The van der Waals surface area contributed by atoms with Gasteiger partial charge in [-0.15, -0.1) is 0 Å². The van der Waals surface area contributed by atoms with Crippen LogP contribution in [0.3, 0.4) is 0 Å². The molecule has 0 saturated carbocycles. The highest BCUT2D eigenvalue weighted by molar-refractivity contribution is 7.90. The third-order valence-electron chi connectivity index (χ3n) is 2.03. The summed E-state index contributed by atoms with van der Waals surface area (Å²) in [6.45, 7) is 0.454. The van der Waals surface area contributed by atoms with Crippen molar-refractivity contribution in [1.82, 2.24) is 4.72 Å². The molecule has 0 radical (unpaired) electrons. The Morgan fingerprint density at radius 2 is 2.06 bits per heavy atom. The van der Waals surface area contributed by atoms with Crippen LogP contribution in [-0.2, 0) is 10.0 Å². The monoisotopic (exact) mass is 257 g/mol. The largest absolute Gasteiger partial charge is 0.324 e.